The molecule has 1 aromatic heterocycles. The molecule has 0 fully saturated rings. The van der Waals surface area contributed by atoms with Crippen LogP contribution in [0.1, 0.15) is 18.1 Å². The van der Waals surface area contributed by atoms with Crippen molar-refractivity contribution in [1.82, 2.24) is 20.4 Å². The van der Waals surface area contributed by atoms with Crippen LogP contribution in [-0.2, 0) is 20.0 Å². The predicted molar refractivity (Wildman–Crippen MR) is 86.1 cm³/mol. The maximum atomic E-state index is 13.6. The third-order valence-corrected chi connectivity index (χ3v) is 3.17. The van der Waals surface area contributed by atoms with Crippen molar-refractivity contribution in [3.8, 4) is 0 Å². The Bertz CT molecular complexity index is 621. The SMILES string of the molecule is CCNC(=NCc1cnn(C)c1)NCCc1ccccc1F. The summed E-state index contributed by atoms with van der Waals surface area (Å²) < 4.78 is 15.3. The van der Waals surface area contributed by atoms with Gasteiger partial charge >= 0.3 is 0 Å². The summed E-state index contributed by atoms with van der Waals surface area (Å²) in [4.78, 5) is 4.50. The second-order valence-corrected chi connectivity index (χ2v) is 4.99. The van der Waals surface area contributed by atoms with Gasteiger partial charge in [-0.1, -0.05) is 18.2 Å². The molecule has 22 heavy (non-hydrogen) atoms. The standard InChI is InChI=1S/C16H22FN5/c1-3-18-16(20-10-13-11-21-22(2)12-13)19-9-8-14-6-4-5-7-15(14)17/h4-7,11-12H,3,8-10H2,1-2H3,(H2,18,19,20). The number of nitrogens with zero attached hydrogens (tertiary/aromatic N) is 3. The molecule has 0 aliphatic rings. The summed E-state index contributed by atoms with van der Waals surface area (Å²) in [5.74, 6) is 0.560. The van der Waals surface area contributed by atoms with Gasteiger partial charge in [0, 0.05) is 31.9 Å². The van der Waals surface area contributed by atoms with Crippen molar-refractivity contribution in [2.24, 2.45) is 12.0 Å². The summed E-state index contributed by atoms with van der Waals surface area (Å²) in [5, 5.41) is 10.5. The Morgan fingerprint density at radius 1 is 1.32 bits per heavy atom. The van der Waals surface area contributed by atoms with E-state index in [4.69, 9.17) is 0 Å². The van der Waals surface area contributed by atoms with Crippen molar-refractivity contribution < 1.29 is 4.39 Å². The smallest absolute Gasteiger partial charge is 0.191 e. The molecule has 0 saturated carbocycles. The molecule has 0 unspecified atom stereocenters. The van der Waals surface area contributed by atoms with Crippen molar-refractivity contribution in [1.29, 1.82) is 0 Å². The lowest BCUT2D eigenvalue weighted by atomic mass is 10.1. The predicted octanol–water partition coefficient (Wildman–Crippen LogP) is 1.86. The Hall–Kier alpha value is -2.37. The number of aromatic nitrogens is 2. The van der Waals surface area contributed by atoms with E-state index in [0.717, 1.165) is 18.1 Å². The van der Waals surface area contributed by atoms with Crippen molar-refractivity contribution >= 4 is 5.96 Å². The Kier molecular flexibility index (Phi) is 5.94. The van der Waals surface area contributed by atoms with E-state index in [0.29, 0.717) is 25.1 Å². The van der Waals surface area contributed by atoms with E-state index in [-0.39, 0.29) is 5.82 Å². The monoisotopic (exact) mass is 303 g/mol. The average molecular weight is 303 g/mol. The first-order valence-electron chi connectivity index (χ1n) is 7.42. The van der Waals surface area contributed by atoms with Crippen LogP contribution in [0.15, 0.2) is 41.7 Å². The second kappa shape index (κ2) is 8.17. The molecule has 0 radical (unpaired) electrons. The van der Waals surface area contributed by atoms with E-state index in [9.17, 15) is 4.39 Å². The lowest BCUT2D eigenvalue weighted by molar-refractivity contribution is 0.606. The number of hydrogen-bond donors (Lipinski definition) is 2. The molecule has 0 spiro atoms. The van der Waals surface area contributed by atoms with Crippen LogP contribution in [0.2, 0.25) is 0 Å². The van der Waals surface area contributed by atoms with E-state index in [1.165, 1.54) is 6.07 Å². The van der Waals surface area contributed by atoms with Gasteiger partial charge in [-0.15, -0.1) is 0 Å². The minimum absolute atomic E-state index is 0.165. The molecular formula is C16H22FN5. The van der Waals surface area contributed by atoms with Crippen LogP contribution in [0.4, 0.5) is 4.39 Å². The molecule has 118 valence electrons. The number of benzene rings is 1. The summed E-state index contributed by atoms with van der Waals surface area (Å²) in [6.07, 6.45) is 4.35. The number of hydrogen-bond acceptors (Lipinski definition) is 2. The molecule has 0 atom stereocenters. The van der Waals surface area contributed by atoms with E-state index in [1.807, 2.05) is 26.2 Å². The van der Waals surface area contributed by atoms with Gasteiger partial charge in [-0.25, -0.2) is 9.38 Å². The number of nitrogens with one attached hydrogen (secondary N) is 2. The zero-order chi connectivity index (χ0) is 15.8. The third-order valence-electron chi connectivity index (χ3n) is 3.17. The van der Waals surface area contributed by atoms with Gasteiger partial charge in [0.15, 0.2) is 5.96 Å². The van der Waals surface area contributed by atoms with Crippen LogP contribution in [0, 0.1) is 5.82 Å². The molecule has 0 aliphatic heterocycles. The Morgan fingerprint density at radius 2 is 2.14 bits per heavy atom. The summed E-state index contributed by atoms with van der Waals surface area (Å²) in [5.41, 5.74) is 1.76. The van der Waals surface area contributed by atoms with E-state index >= 15 is 0 Å². The number of halogens is 1. The lowest BCUT2D eigenvalue weighted by Crippen LogP contribution is -2.38. The molecule has 0 amide bonds. The van der Waals surface area contributed by atoms with Gasteiger partial charge < -0.3 is 10.6 Å². The second-order valence-electron chi connectivity index (χ2n) is 4.99. The molecular weight excluding hydrogens is 281 g/mol. The van der Waals surface area contributed by atoms with E-state index in [1.54, 1.807) is 23.0 Å². The zero-order valence-electron chi connectivity index (χ0n) is 13.0. The van der Waals surface area contributed by atoms with Crippen molar-refractivity contribution in [3.63, 3.8) is 0 Å². The molecule has 2 N–H and O–H groups in total. The number of aliphatic imine (C=N–C) groups is 1. The molecule has 5 nitrogen and oxygen atoms in total. The van der Waals surface area contributed by atoms with Gasteiger partial charge in [0.1, 0.15) is 5.82 Å². The van der Waals surface area contributed by atoms with Crippen LogP contribution in [-0.4, -0.2) is 28.8 Å². The summed E-state index contributed by atoms with van der Waals surface area (Å²) in [7, 11) is 1.88. The van der Waals surface area contributed by atoms with Crippen LogP contribution >= 0.6 is 0 Å². The molecule has 1 heterocycles. The quantitative estimate of drug-likeness (QED) is 0.632. The molecule has 6 heteroatoms. The van der Waals surface area contributed by atoms with Crippen molar-refractivity contribution in [3.05, 3.63) is 53.6 Å². The first-order valence-corrected chi connectivity index (χ1v) is 7.42. The highest BCUT2D eigenvalue weighted by molar-refractivity contribution is 5.79. The van der Waals surface area contributed by atoms with Gasteiger partial charge in [0.2, 0.25) is 0 Å². The highest BCUT2D eigenvalue weighted by Gasteiger charge is 2.02. The summed E-state index contributed by atoms with van der Waals surface area (Å²) >= 11 is 0. The summed E-state index contributed by atoms with van der Waals surface area (Å²) in [6, 6.07) is 6.83. The van der Waals surface area contributed by atoms with E-state index in [2.05, 4.69) is 20.7 Å². The van der Waals surface area contributed by atoms with Crippen molar-refractivity contribution in [2.75, 3.05) is 13.1 Å². The lowest BCUT2D eigenvalue weighted by Gasteiger charge is -2.11. The molecule has 2 aromatic rings. The van der Waals surface area contributed by atoms with Crippen LogP contribution < -0.4 is 10.6 Å². The van der Waals surface area contributed by atoms with Gasteiger partial charge in [-0.3, -0.25) is 4.68 Å². The fourth-order valence-corrected chi connectivity index (χ4v) is 2.08. The Labute approximate surface area is 130 Å². The molecule has 2 rings (SSSR count). The largest absolute Gasteiger partial charge is 0.357 e. The van der Waals surface area contributed by atoms with Crippen LogP contribution in [0.5, 0.6) is 0 Å². The molecule has 0 bridgehead atoms. The maximum absolute atomic E-state index is 13.6. The first kappa shape index (κ1) is 16.0. The number of rotatable bonds is 6. The van der Waals surface area contributed by atoms with Gasteiger partial charge in [0.05, 0.1) is 12.7 Å². The minimum atomic E-state index is -0.165. The minimum Gasteiger partial charge on any atom is -0.357 e. The maximum Gasteiger partial charge on any atom is 0.191 e. The topological polar surface area (TPSA) is 54.2 Å². The Balaban J connectivity index is 1.87. The molecule has 0 aliphatic carbocycles. The fourth-order valence-electron chi connectivity index (χ4n) is 2.08. The normalized spacial score (nSPS) is 11.5. The fraction of sp³-hybridized carbons (Fsp3) is 0.375. The van der Waals surface area contributed by atoms with Gasteiger partial charge in [0.25, 0.3) is 0 Å². The number of aryl methyl sites for hydroxylation is 1. The molecule has 0 saturated heterocycles. The summed E-state index contributed by atoms with van der Waals surface area (Å²) in [6.45, 7) is 3.97. The number of guanidine groups is 1. The van der Waals surface area contributed by atoms with Crippen molar-refractivity contribution in [2.45, 2.75) is 19.9 Å². The highest BCUT2D eigenvalue weighted by atomic mass is 19.1. The van der Waals surface area contributed by atoms with Gasteiger partial charge in [-0.05, 0) is 25.0 Å². The average Bonchev–Trinajstić information content (AvgIpc) is 2.92. The zero-order valence-corrected chi connectivity index (χ0v) is 13.0. The third kappa shape index (κ3) is 4.87. The van der Waals surface area contributed by atoms with Crippen LogP contribution in [0.3, 0.4) is 0 Å². The van der Waals surface area contributed by atoms with E-state index < -0.39 is 0 Å². The Morgan fingerprint density at radius 3 is 2.82 bits per heavy atom. The molecule has 1 aromatic carbocycles. The van der Waals surface area contributed by atoms with Crippen LogP contribution in [0.25, 0.3) is 0 Å². The highest BCUT2D eigenvalue weighted by Crippen LogP contribution is 2.06. The van der Waals surface area contributed by atoms with Gasteiger partial charge in [-0.2, -0.15) is 5.10 Å². The first-order chi connectivity index (χ1) is 10.7.